The van der Waals surface area contributed by atoms with Gasteiger partial charge in [0.05, 0.1) is 12.4 Å². The van der Waals surface area contributed by atoms with Gasteiger partial charge in [-0.25, -0.2) is 9.50 Å². The van der Waals surface area contributed by atoms with Gasteiger partial charge in [-0.05, 0) is 23.6 Å². The first-order valence-corrected chi connectivity index (χ1v) is 9.22. The van der Waals surface area contributed by atoms with E-state index < -0.39 is 0 Å². The first kappa shape index (κ1) is 17.9. The molecule has 0 radical (unpaired) electrons. The van der Waals surface area contributed by atoms with Crippen molar-refractivity contribution in [3.05, 3.63) is 60.8 Å². The molecular weight excluding hydrogens is 352 g/mol. The van der Waals surface area contributed by atoms with Crippen LogP contribution in [0.5, 0.6) is 0 Å². The van der Waals surface area contributed by atoms with Crippen LogP contribution >= 0.6 is 0 Å². The highest BCUT2D eigenvalue weighted by atomic mass is 16.1. The molecule has 1 aromatic carbocycles. The fourth-order valence-corrected chi connectivity index (χ4v) is 3.00. The maximum Gasteiger partial charge on any atom is 0.251 e. The number of nitrogens with zero attached hydrogens (tertiary/aromatic N) is 5. The van der Waals surface area contributed by atoms with E-state index in [2.05, 4.69) is 34.3 Å². The van der Waals surface area contributed by atoms with Crippen LogP contribution in [0, 0.1) is 5.92 Å². The lowest BCUT2D eigenvalue weighted by atomic mass is 10.1. The van der Waals surface area contributed by atoms with E-state index in [1.54, 1.807) is 21.6 Å². The summed E-state index contributed by atoms with van der Waals surface area (Å²) in [6.07, 6.45) is 9.30. The van der Waals surface area contributed by atoms with Crippen molar-refractivity contribution in [3.8, 4) is 22.3 Å². The molecule has 7 heteroatoms. The molecule has 28 heavy (non-hydrogen) atoms. The number of aryl methyl sites for hydroxylation is 1. The van der Waals surface area contributed by atoms with Crippen LogP contribution in [0.3, 0.4) is 0 Å². The van der Waals surface area contributed by atoms with Gasteiger partial charge in [0.2, 0.25) is 0 Å². The number of hydrogen-bond donors (Lipinski definition) is 1. The fraction of sp³-hybridized carbons (Fsp3) is 0.238. The zero-order valence-electron chi connectivity index (χ0n) is 16.1. The molecule has 4 aromatic rings. The molecule has 1 N–H and O–H groups in total. The maximum atomic E-state index is 12.2. The van der Waals surface area contributed by atoms with E-state index in [-0.39, 0.29) is 5.91 Å². The highest BCUT2D eigenvalue weighted by Crippen LogP contribution is 2.25. The average molecular weight is 374 g/mol. The van der Waals surface area contributed by atoms with Crippen LogP contribution < -0.4 is 5.32 Å². The molecule has 7 nitrogen and oxygen atoms in total. The van der Waals surface area contributed by atoms with Gasteiger partial charge in [-0.2, -0.15) is 10.2 Å². The van der Waals surface area contributed by atoms with E-state index in [4.69, 9.17) is 0 Å². The van der Waals surface area contributed by atoms with Gasteiger partial charge in [-0.15, -0.1) is 0 Å². The van der Waals surface area contributed by atoms with E-state index in [1.165, 1.54) is 0 Å². The van der Waals surface area contributed by atoms with Crippen molar-refractivity contribution in [2.45, 2.75) is 13.8 Å². The number of carbonyl (C=O) groups is 1. The third-order valence-corrected chi connectivity index (χ3v) is 4.52. The normalized spacial score (nSPS) is 11.3. The topological polar surface area (TPSA) is 77.1 Å². The van der Waals surface area contributed by atoms with Crippen LogP contribution in [0.1, 0.15) is 24.2 Å². The van der Waals surface area contributed by atoms with E-state index in [0.29, 0.717) is 18.0 Å². The zero-order chi connectivity index (χ0) is 19.7. The van der Waals surface area contributed by atoms with Gasteiger partial charge in [0.1, 0.15) is 0 Å². The van der Waals surface area contributed by atoms with Crippen molar-refractivity contribution >= 4 is 11.6 Å². The summed E-state index contributed by atoms with van der Waals surface area (Å²) in [6, 6.07) is 7.52. The summed E-state index contributed by atoms with van der Waals surface area (Å²) in [5.74, 6) is 0.365. The van der Waals surface area contributed by atoms with E-state index >= 15 is 0 Å². The number of rotatable bonds is 5. The lowest BCUT2D eigenvalue weighted by molar-refractivity contribution is 0.0949. The van der Waals surface area contributed by atoms with Gasteiger partial charge >= 0.3 is 0 Å². The summed E-state index contributed by atoms with van der Waals surface area (Å²) >= 11 is 0. The quantitative estimate of drug-likeness (QED) is 0.582. The fourth-order valence-electron chi connectivity index (χ4n) is 3.00. The minimum atomic E-state index is -0.0562. The summed E-state index contributed by atoms with van der Waals surface area (Å²) in [5.41, 5.74) is 5.25. The van der Waals surface area contributed by atoms with Crippen molar-refractivity contribution in [2.24, 2.45) is 13.0 Å². The third kappa shape index (κ3) is 3.51. The summed E-state index contributed by atoms with van der Waals surface area (Å²) in [4.78, 5) is 16.8. The van der Waals surface area contributed by atoms with Crippen molar-refractivity contribution < 1.29 is 4.79 Å². The van der Waals surface area contributed by atoms with Crippen LogP contribution in [-0.2, 0) is 7.05 Å². The largest absolute Gasteiger partial charge is 0.352 e. The van der Waals surface area contributed by atoms with Gasteiger partial charge in [-0.1, -0.05) is 26.0 Å². The van der Waals surface area contributed by atoms with Gasteiger partial charge in [0.15, 0.2) is 5.65 Å². The molecule has 3 aromatic heterocycles. The standard InChI is InChI=1S/C21H22N6O/c1-14(2)8-23-21(28)16-6-4-15(5-7-16)19-11-25-27-13-17(9-22-20(19)27)18-10-24-26(3)12-18/h4-7,9-14H,8H2,1-3H3,(H,23,28). The van der Waals surface area contributed by atoms with Gasteiger partial charge in [0.25, 0.3) is 5.91 Å². The van der Waals surface area contributed by atoms with E-state index in [1.807, 2.05) is 49.9 Å². The number of nitrogens with one attached hydrogen (secondary N) is 1. The summed E-state index contributed by atoms with van der Waals surface area (Å²) in [6.45, 7) is 4.81. The highest BCUT2D eigenvalue weighted by molar-refractivity contribution is 5.95. The molecule has 0 saturated heterocycles. The van der Waals surface area contributed by atoms with Crippen LogP contribution in [0.25, 0.3) is 27.9 Å². The Morgan fingerprint density at radius 3 is 2.43 bits per heavy atom. The summed E-state index contributed by atoms with van der Waals surface area (Å²) < 4.78 is 3.52. The Labute approximate surface area is 163 Å². The molecule has 1 amide bonds. The summed E-state index contributed by atoms with van der Waals surface area (Å²) in [5, 5.41) is 11.6. The molecule has 142 valence electrons. The Bertz CT molecular complexity index is 1120. The number of fused-ring (bicyclic) bond motifs is 1. The van der Waals surface area contributed by atoms with Crippen LogP contribution in [0.15, 0.2) is 55.2 Å². The van der Waals surface area contributed by atoms with E-state index in [0.717, 1.165) is 27.9 Å². The van der Waals surface area contributed by atoms with Gasteiger partial charge < -0.3 is 5.32 Å². The lowest BCUT2D eigenvalue weighted by Crippen LogP contribution is -2.27. The van der Waals surface area contributed by atoms with Crippen molar-refractivity contribution in [1.29, 1.82) is 0 Å². The summed E-state index contributed by atoms with van der Waals surface area (Å²) in [7, 11) is 1.88. The predicted molar refractivity (Wildman–Crippen MR) is 108 cm³/mol. The third-order valence-electron chi connectivity index (χ3n) is 4.52. The average Bonchev–Trinajstić information content (AvgIpc) is 3.32. The molecule has 0 spiro atoms. The highest BCUT2D eigenvalue weighted by Gasteiger charge is 2.12. The first-order chi connectivity index (χ1) is 13.5. The molecular formula is C21H22N6O. The smallest absolute Gasteiger partial charge is 0.251 e. The Morgan fingerprint density at radius 1 is 1.00 bits per heavy atom. The van der Waals surface area contributed by atoms with Crippen molar-refractivity contribution in [1.82, 2.24) is 29.7 Å². The monoisotopic (exact) mass is 374 g/mol. The molecule has 0 aliphatic heterocycles. The number of benzene rings is 1. The Morgan fingerprint density at radius 2 is 1.75 bits per heavy atom. The van der Waals surface area contributed by atoms with E-state index in [9.17, 15) is 4.79 Å². The molecule has 0 bridgehead atoms. The Kier molecular flexibility index (Phi) is 4.65. The molecule has 0 atom stereocenters. The number of carbonyl (C=O) groups excluding carboxylic acids is 1. The second-order valence-corrected chi connectivity index (χ2v) is 7.25. The minimum Gasteiger partial charge on any atom is -0.352 e. The second kappa shape index (κ2) is 7.26. The van der Waals surface area contributed by atoms with Crippen LogP contribution in [0.2, 0.25) is 0 Å². The SMILES string of the molecule is CC(C)CNC(=O)c1ccc(-c2cnn3cc(-c4cnn(C)c4)cnc23)cc1. The molecule has 4 rings (SSSR count). The number of hydrogen-bond acceptors (Lipinski definition) is 4. The van der Waals surface area contributed by atoms with Crippen LogP contribution in [-0.4, -0.2) is 36.8 Å². The number of aromatic nitrogens is 5. The lowest BCUT2D eigenvalue weighted by Gasteiger charge is -2.08. The van der Waals surface area contributed by atoms with Crippen molar-refractivity contribution in [3.63, 3.8) is 0 Å². The Hall–Kier alpha value is -3.48. The van der Waals surface area contributed by atoms with Gasteiger partial charge in [-0.3, -0.25) is 9.48 Å². The second-order valence-electron chi connectivity index (χ2n) is 7.25. The molecule has 0 fully saturated rings. The predicted octanol–water partition coefficient (Wildman–Crippen LogP) is 3.18. The first-order valence-electron chi connectivity index (χ1n) is 9.22. The minimum absolute atomic E-state index is 0.0562. The van der Waals surface area contributed by atoms with Crippen LogP contribution in [0.4, 0.5) is 0 Å². The maximum absolute atomic E-state index is 12.2. The molecule has 0 saturated carbocycles. The Balaban J connectivity index is 1.60. The molecule has 0 aliphatic carbocycles. The molecule has 3 heterocycles. The molecule has 0 aliphatic rings. The van der Waals surface area contributed by atoms with Crippen molar-refractivity contribution in [2.75, 3.05) is 6.54 Å². The zero-order valence-corrected chi connectivity index (χ0v) is 16.1. The van der Waals surface area contributed by atoms with Gasteiger partial charge in [0, 0.05) is 54.4 Å². The molecule has 0 unspecified atom stereocenters. The number of amides is 1.